The van der Waals surface area contributed by atoms with Gasteiger partial charge in [0.15, 0.2) is 5.65 Å². The van der Waals surface area contributed by atoms with E-state index in [0.717, 1.165) is 41.9 Å². The molecule has 4 rings (SSSR count). The Morgan fingerprint density at radius 1 is 1.32 bits per heavy atom. The average Bonchev–Trinajstić information content (AvgIpc) is 3.35. The molecule has 7 nitrogen and oxygen atoms in total. The summed E-state index contributed by atoms with van der Waals surface area (Å²) in [5.74, 6) is 1.75. The lowest BCUT2D eigenvalue weighted by Crippen LogP contribution is -2.26. The number of benzene rings is 1. The van der Waals surface area contributed by atoms with Gasteiger partial charge in [-0.05, 0) is 42.9 Å². The van der Waals surface area contributed by atoms with Gasteiger partial charge in [-0.15, -0.1) is 0 Å². The summed E-state index contributed by atoms with van der Waals surface area (Å²) in [4.78, 5) is 16.9. The van der Waals surface area contributed by atoms with E-state index in [-0.39, 0.29) is 5.91 Å². The maximum Gasteiger partial charge on any atom is 0.251 e. The van der Waals surface area contributed by atoms with Crippen molar-refractivity contribution in [2.45, 2.75) is 39.7 Å². The van der Waals surface area contributed by atoms with Gasteiger partial charge in [-0.1, -0.05) is 26.0 Å². The Bertz CT molecular complexity index is 1030. The highest BCUT2D eigenvalue weighted by Gasteiger charge is 2.24. The van der Waals surface area contributed by atoms with E-state index in [0.29, 0.717) is 29.0 Å². The van der Waals surface area contributed by atoms with E-state index in [1.165, 1.54) is 0 Å². The molecule has 0 spiro atoms. The van der Waals surface area contributed by atoms with E-state index in [4.69, 9.17) is 5.73 Å². The standard InChI is InChI=1S/C21H26N6O/c1-12(2)10-23-19-9-18(22)26-20-17(11-24-27(19)20)14-4-7-16(13(3)8-14)21(28)25-15-5-6-15/h4,7-9,11-12,15,23H,5-6,10H2,1-3H3,(H2,22,26)(H,25,28). The van der Waals surface area contributed by atoms with Gasteiger partial charge in [0.1, 0.15) is 11.6 Å². The van der Waals surface area contributed by atoms with Crippen LogP contribution in [0.1, 0.15) is 42.6 Å². The van der Waals surface area contributed by atoms with Crippen LogP contribution in [-0.2, 0) is 0 Å². The number of nitrogens with two attached hydrogens (primary N) is 1. The summed E-state index contributed by atoms with van der Waals surface area (Å²) < 4.78 is 1.77. The van der Waals surface area contributed by atoms with Crippen molar-refractivity contribution in [1.29, 1.82) is 0 Å². The van der Waals surface area contributed by atoms with Crippen LogP contribution < -0.4 is 16.4 Å². The molecule has 7 heteroatoms. The van der Waals surface area contributed by atoms with Crippen LogP contribution in [0.5, 0.6) is 0 Å². The fraction of sp³-hybridized carbons (Fsp3) is 0.381. The Balaban J connectivity index is 1.69. The summed E-state index contributed by atoms with van der Waals surface area (Å²) in [5.41, 5.74) is 10.2. The minimum absolute atomic E-state index is 0.00560. The number of carbonyl (C=O) groups excluding carboxylic acids is 1. The SMILES string of the molecule is Cc1cc(-c2cnn3c(NCC(C)C)cc(N)nc23)ccc1C(=O)NC1CC1. The molecule has 1 aromatic carbocycles. The highest BCUT2D eigenvalue weighted by Crippen LogP contribution is 2.28. The number of amides is 1. The molecule has 1 saturated carbocycles. The van der Waals surface area contributed by atoms with Crippen LogP contribution in [-0.4, -0.2) is 33.1 Å². The number of aromatic nitrogens is 3. The summed E-state index contributed by atoms with van der Waals surface area (Å²) in [6, 6.07) is 7.96. The van der Waals surface area contributed by atoms with E-state index in [1.807, 2.05) is 25.1 Å². The van der Waals surface area contributed by atoms with Gasteiger partial charge in [0.05, 0.1) is 6.20 Å². The highest BCUT2D eigenvalue weighted by molar-refractivity contribution is 5.97. The molecule has 0 aliphatic heterocycles. The number of nitrogens with one attached hydrogen (secondary N) is 2. The van der Waals surface area contributed by atoms with Crippen molar-refractivity contribution in [3.63, 3.8) is 0 Å². The zero-order chi connectivity index (χ0) is 19.8. The lowest BCUT2D eigenvalue weighted by atomic mass is 10.0. The van der Waals surface area contributed by atoms with Gasteiger partial charge in [0, 0.05) is 29.8 Å². The molecule has 4 N–H and O–H groups in total. The number of anilines is 2. The monoisotopic (exact) mass is 378 g/mol. The summed E-state index contributed by atoms with van der Waals surface area (Å²) in [6.45, 7) is 7.06. The molecule has 1 aliphatic rings. The Kier molecular flexibility index (Phi) is 4.66. The van der Waals surface area contributed by atoms with Crippen molar-refractivity contribution in [3.8, 4) is 11.1 Å². The number of nitrogens with zero attached hydrogens (tertiary/aromatic N) is 3. The van der Waals surface area contributed by atoms with Crippen molar-refractivity contribution >= 4 is 23.2 Å². The van der Waals surface area contributed by atoms with Crippen LogP contribution in [0.15, 0.2) is 30.5 Å². The van der Waals surface area contributed by atoms with Gasteiger partial charge in [0.2, 0.25) is 0 Å². The smallest absolute Gasteiger partial charge is 0.251 e. The second kappa shape index (κ2) is 7.14. The van der Waals surface area contributed by atoms with Gasteiger partial charge in [-0.2, -0.15) is 9.61 Å². The summed E-state index contributed by atoms with van der Waals surface area (Å²) >= 11 is 0. The molecule has 1 fully saturated rings. The predicted octanol–water partition coefficient (Wildman–Crippen LogP) is 3.25. The first-order valence-corrected chi connectivity index (χ1v) is 9.72. The molecule has 1 amide bonds. The summed E-state index contributed by atoms with van der Waals surface area (Å²) in [7, 11) is 0. The van der Waals surface area contributed by atoms with Gasteiger partial charge in [-0.3, -0.25) is 4.79 Å². The van der Waals surface area contributed by atoms with Crippen LogP contribution in [0.2, 0.25) is 0 Å². The maximum absolute atomic E-state index is 12.4. The number of aryl methyl sites for hydroxylation is 1. The molecule has 2 aromatic heterocycles. The number of nitrogen functional groups attached to an aromatic ring is 1. The average molecular weight is 378 g/mol. The molecule has 0 radical (unpaired) electrons. The minimum Gasteiger partial charge on any atom is -0.384 e. The first-order chi connectivity index (χ1) is 13.4. The second-order valence-corrected chi connectivity index (χ2v) is 7.91. The van der Waals surface area contributed by atoms with Crippen LogP contribution in [0.3, 0.4) is 0 Å². The number of hydrogen-bond acceptors (Lipinski definition) is 5. The molecule has 1 aliphatic carbocycles. The van der Waals surface area contributed by atoms with Crippen LogP contribution in [0.4, 0.5) is 11.6 Å². The number of carbonyl (C=O) groups is 1. The van der Waals surface area contributed by atoms with Crippen molar-refractivity contribution in [2.24, 2.45) is 5.92 Å². The zero-order valence-electron chi connectivity index (χ0n) is 16.5. The molecule has 146 valence electrons. The Hall–Kier alpha value is -3.09. The third-order valence-electron chi connectivity index (χ3n) is 4.88. The molecule has 0 unspecified atom stereocenters. The van der Waals surface area contributed by atoms with Crippen LogP contribution >= 0.6 is 0 Å². The molecule has 0 saturated heterocycles. The van der Waals surface area contributed by atoms with Crippen molar-refractivity contribution in [2.75, 3.05) is 17.6 Å². The molecular weight excluding hydrogens is 352 g/mol. The third-order valence-corrected chi connectivity index (χ3v) is 4.88. The fourth-order valence-corrected chi connectivity index (χ4v) is 3.20. The van der Waals surface area contributed by atoms with Gasteiger partial charge >= 0.3 is 0 Å². The second-order valence-electron chi connectivity index (χ2n) is 7.91. The normalized spacial score (nSPS) is 13.9. The van der Waals surface area contributed by atoms with Crippen molar-refractivity contribution < 1.29 is 4.79 Å². The minimum atomic E-state index is -0.00560. The Morgan fingerprint density at radius 2 is 2.11 bits per heavy atom. The van der Waals surface area contributed by atoms with E-state index in [2.05, 4.69) is 34.6 Å². The number of fused-ring (bicyclic) bond motifs is 1. The van der Waals surface area contributed by atoms with Crippen molar-refractivity contribution in [1.82, 2.24) is 19.9 Å². The number of hydrogen-bond donors (Lipinski definition) is 3. The first-order valence-electron chi connectivity index (χ1n) is 9.72. The molecule has 0 bridgehead atoms. The fourth-order valence-electron chi connectivity index (χ4n) is 3.20. The molecule has 3 aromatic rings. The molecule has 0 atom stereocenters. The molecule has 2 heterocycles. The lowest BCUT2D eigenvalue weighted by Gasteiger charge is -2.11. The number of rotatable bonds is 6. The molecule has 28 heavy (non-hydrogen) atoms. The van der Waals surface area contributed by atoms with E-state index in [9.17, 15) is 4.79 Å². The van der Waals surface area contributed by atoms with Crippen molar-refractivity contribution in [3.05, 3.63) is 41.6 Å². The predicted molar refractivity (Wildman–Crippen MR) is 111 cm³/mol. The van der Waals surface area contributed by atoms with Gasteiger partial charge < -0.3 is 16.4 Å². The maximum atomic E-state index is 12.4. The van der Waals surface area contributed by atoms with E-state index in [1.54, 1.807) is 16.8 Å². The van der Waals surface area contributed by atoms with Crippen LogP contribution in [0.25, 0.3) is 16.8 Å². The summed E-state index contributed by atoms with van der Waals surface area (Å²) in [5, 5.41) is 10.9. The Labute approximate surface area is 164 Å². The highest BCUT2D eigenvalue weighted by atomic mass is 16.1. The Morgan fingerprint density at radius 3 is 2.79 bits per heavy atom. The summed E-state index contributed by atoms with van der Waals surface area (Å²) in [6.07, 6.45) is 3.94. The topological polar surface area (TPSA) is 97.3 Å². The quantitative estimate of drug-likeness (QED) is 0.612. The lowest BCUT2D eigenvalue weighted by molar-refractivity contribution is 0.0950. The largest absolute Gasteiger partial charge is 0.384 e. The van der Waals surface area contributed by atoms with Gasteiger partial charge in [0.25, 0.3) is 5.91 Å². The van der Waals surface area contributed by atoms with E-state index >= 15 is 0 Å². The van der Waals surface area contributed by atoms with Gasteiger partial charge in [-0.25, -0.2) is 4.98 Å². The van der Waals surface area contributed by atoms with E-state index < -0.39 is 0 Å². The first kappa shape index (κ1) is 18.3. The molecular formula is C21H26N6O. The van der Waals surface area contributed by atoms with Crippen LogP contribution in [0, 0.1) is 12.8 Å². The third kappa shape index (κ3) is 3.65. The zero-order valence-corrected chi connectivity index (χ0v) is 16.5.